The van der Waals surface area contributed by atoms with Crippen molar-refractivity contribution in [3.05, 3.63) is 22.4 Å². The molecule has 0 aliphatic rings. The second kappa shape index (κ2) is 4.23. The van der Waals surface area contributed by atoms with Crippen LogP contribution >= 0.6 is 11.3 Å². The molecule has 3 N–H and O–H groups in total. The number of nitrogens with two attached hydrogens (primary N) is 1. The first kappa shape index (κ1) is 9.22. The maximum atomic E-state index is 11.0. The molecule has 0 unspecified atom stereocenters. The molecule has 3 nitrogen and oxygen atoms in total. The van der Waals surface area contributed by atoms with Crippen molar-refractivity contribution in [2.75, 3.05) is 0 Å². The number of thiophene rings is 1. The van der Waals surface area contributed by atoms with Crippen LogP contribution in [0.15, 0.2) is 17.5 Å². The molecule has 0 saturated carbocycles. The zero-order chi connectivity index (χ0) is 8.97. The molecule has 0 fully saturated rings. The smallest absolute Gasteiger partial charge is 0.236 e. The van der Waals surface area contributed by atoms with E-state index in [1.807, 2.05) is 17.5 Å². The van der Waals surface area contributed by atoms with E-state index in [2.05, 4.69) is 5.32 Å². The van der Waals surface area contributed by atoms with Gasteiger partial charge in [-0.05, 0) is 18.4 Å². The number of carbonyl (C=O) groups is 1. The van der Waals surface area contributed by atoms with Crippen molar-refractivity contribution in [1.29, 1.82) is 0 Å². The lowest BCUT2D eigenvalue weighted by Gasteiger charge is -2.05. The molecule has 0 bridgehead atoms. The van der Waals surface area contributed by atoms with Crippen LogP contribution in [-0.2, 0) is 11.3 Å². The highest BCUT2D eigenvalue weighted by molar-refractivity contribution is 7.09. The Hall–Kier alpha value is -0.870. The second-order valence-corrected chi connectivity index (χ2v) is 3.62. The van der Waals surface area contributed by atoms with Crippen LogP contribution in [0.4, 0.5) is 0 Å². The standard InChI is InChI=1S/C8H12N2OS/c1-6(9)8(11)10-5-7-3-2-4-12-7/h2-4,6H,5,9H2,1H3,(H,10,11)/t6-/m0/s1. The molecule has 0 aliphatic carbocycles. The first-order valence-electron chi connectivity index (χ1n) is 3.76. The van der Waals surface area contributed by atoms with E-state index in [1.165, 1.54) is 0 Å². The zero-order valence-corrected chi connectivity index (χ0v) is 7.73. The third-order valence-corrected chi connectivity index (χ3v) is 2.31. The maximum Gasteiger partial charge on any atom is 0.236 e. The third kappa shape index (κ3) is 2.64. The molecule has 1 atom stereocenters. The number of nitrogens with one attached hydrogen (secondary N) is 1. The monoisotopic (exact) mass is 184 g/mol. The quantitative estimate of drug-likeness (QED) is 0.727. The molecule has 1 aromatic rings. The minimum absolute atomic E-state index is 0.108. The van der Waals surface area contributed by atoms with Crippen LogP contribution in [0, 0.1) is 0 Å². The maximum absolute atomic E-state index is 11.0. The van der Waals surface area contributed by atoms with Gasteiger partial charge in [0, 0.05) is 4.88 Å². The summed E-state index contributed by atoms with van der Waals surface area (Å²) in [6.45, 7) is 2.25. The van der Waals surface area contributed by atoms with E-state index in [4.69, 9.17) is 5.73 Å². The van der Waals surface area contributed by atoms with Crippen LogP contribution in [0.3, 0.4) is 0 Å². The SMILES string of the molecule is C[C@H](N)C(=O)NCc1cccs1. The van der Waals surface area contributed by atoms with Crippen molar-refractivity contribution in [3.63, 3.8) is 0 Å². The molecule has 1 aromatic heterocycles. The van der Waals surface area contributed by atoms with Gasteiger partial charge in [0.25, 0.3) is 0 Å². The Labute approximate surface area is 75.6 Å². The van der Waals surface area contributed by atoms with E-state index >= 15 is 0 Å². The van der Waals surface area contributed by atoms with Crippen LogP contribution in [0.5, 0.6) is 0 Å². The van der Waals surface area contributed by atoms with Crippen LogP contribution < -0.4 is 11.1 Å². The summed E-state index contributed by atoms with van der Waals surface area (Å²) in [6, 6.07) is 3.51. The van der Waals surface area contributed by atoms with Crippen LogP contribution in [-0.4, -0.2) is 11.9 Å². The van der Waals surface area contributed by atoms with Gasteiger partial charge in [-0.15, -0.1) is 11.3 Å². The van der Waals surface area contributed by atoms with E-state index < -0.39 is 6.04 Å². The van der Waals surface area contributed by atoms with Crippen molar-refractivity contribution >= 4 is 17.2 Å². The Morgan fingerprint density at radius 3 is 3.08 bits per heavy atom. The van der Waals surface area contributed by atoms with Gasteiger partial charge in [-0.3, -0.25) is 4.79 Å². The van der Waals surface area contributed by atoms with Gasteiger partial charge in [0.2, 0.25) is 5.91 Å². The summed E-state index contributed by atoms with van der Waals surface area (Å²) in [4.78, 5) is 12.1. The van der Waals surface area contributed by atoms with Gasteiger partial charge in [0.05, 0.1) is 12.6 Å². The molecular weight excluding hydrogens is 172 g/mol. The van der Waals surface area contributed by atoms with Crippen LogP contribution in [0.2, 0.25) is 0 Å². The lowest BCUT2D eigenvalue weighted by atomic mass is 10.3. The van der Waals surface area contributed by atoms with E-state index in [0.29, 0.717) is 6.54 Å². The zero-order valence-electron chi connectivity index (χ0n) is 6.91. The van der Waals surface area contributed by atoms with Crippen LogP contribution in [0.1, 0.15) is 11.8 Å². The topological polar surface area (TPSA) is 55.1 Å². The van der Waals surface area contributed by atoms with Gasteiger partial charge < -0.3 is 11.1 Å². The molecule has 0 aromatic carbocycles. The van der Waals surface area contributed by atoms with Crippen molar-refractivity contribution in [3.8, 4) is 0 Å². The Bertz CT molecular complexity index is 244. The van der Waals surface area contributed by atoms with E-state index in [1.54, 1.807) is 18.3 Å². The highest BCUT2D eigenvalue weighted by atomic mass is 32.1. The van der Waals surface area contributed by atoms with E-state index in [-0.39, 0.29) is 5.91 Å². The molecule has 1 amide bonds. The fraction of sp³-hybridized carbons (Fsp3) is 0.375. The first-order valence-corrected chi connectivity index (χ1v) is 4.64. The summed E-state index contributed by atoms with van der Waals surface area (Å²) in [6.07, 6.45) is 0. The normalized spacial score (nSPS) is 12.5. The highest BCUT2D eigenvalue weighted by Gasteiger charge is 2.05. The summed E-state index contributed by atoms with van der Waals surface area (Å²) in [5.41, 5.74) is 5.37. The first-order chi connectivity index (χ1) is 5.70. The molecular formula is C8H12N2OS. The molecule has 0 aliphatic heterocycles. The number of hydrogen-bond acceptors (Lipinski definition) is 3. The predicted molar refractivity (Wildman–Crippen MR) is 49.8 cm³/mol. The molecule has 0 saturated heterocycles. The Kier molecular flexibility index (Phi) is 3.25. The van der Waals surface area contributed by atoms with Gasteiger partial charge in [-0.2, -0.15) is 0 Å². The summed E-state index contributed by atoms with van der Waals surface area (Å²) in [5, 5.41) is 4.71. The summed E-state index contributed by atoms with van der Waals surface area (Å²) >= 11 is 1.62. The summed E-state index contributed by atoms with van der Waals surface area (Å²) in [5.74, 6) is -0.108. The third-order valence-electron chi connectivity index (χ3n) is 1.43. The fourth-order valence-electron chi connectivity index (χ4n) is 0.748. The fourth-order valence-corrected chi connectivity index (χ4v) is 1.39. The lowest BCUT2D eigenvalue weighted by molar-refractivity contribution is -0.122. The Morgan fingerprint density at radius 1 is 1.83 bits per heavy atom. The van der Waals surface area contributed by atoms with Gasteiger partial charge in [-0.25, -0.2) is 0 Å². The van der Waals surface area contributed by atoms with Crippen molar-refractivity contribution in [2.24, 2.45) is 5.73 Å². The molecule has 4 heteroatoms. The van der Waals surface area contributed by atoms with Gasteiger partial charge >= 0.3 is 0 Å². The lowest BCUT2D eigenvalue weighted by Crippen LogP contribution is -2.37. The number of hydrogen-bond donors (Lipinski definition) is 2. The minimum Gasteiger partial charge on any atom is -0.350 e. The Morgan fingerprint density at radius 2 is 2.58 bits per heavy atom. The van der Waals surface area contributed by atoms with Crippen molar-refractivity contribution in [1.82, 2.24) is 5.32 Å². The summed E-state index contributed by atoms with van der Waals surface area (Å²) in [7, 11) is 0. The molecule has 1 heterocycles. The predicted octanol–water partition coefficient (Wildman–Crippen LogP) is 0.712. The van der Waals surface area contributed by atoms with E-state index in [9.17, 15) is 4.79 Å². The molecule has 0 spiro atoms. The van der Waals surface area contributed by atoms with Gasteiger partial charge in [0.1, 0.15) is 0 Å². The number of carbonyl (C=O) groups excluding carboxylic acids is 1. The highest BCUT2D eigenvalue weighted by Crippen LogP contribution is 2.07. The van der Waals surface area contributed by atoms with Crippen molar-refractivity contribution < 1.29 is 4.79 Å². The number of amides is 1. The molecule has 12 heavy (non-hydrogen) atoms. The van der Waals surface area contributed by atoms with Crippen molar-refractivity contribution in [2.45, 2.75) is 19.5 Å². The minimum atomic E-state index is -0.426. The molecule has 1 rings (SSSR count). The number of rotatable bonds is 3. The van der Waals surface area contributed by atoms with Crippen LogP contribution in [0.25, 0.3) is 0 Å². The second-order valence-electron chi connectivity index (χ2n) is 2.59. The van der Waals surface area contributed by atoms with E-state index in [0.717, 1.165) is 4.88 Å². The van der Waals surface area contributed by atoms with Gasteiger partial charge in [0.15, 0.2) is 0 Å². The Balaban J connectivity index is 2.32. The molecule has 0 radical (unpaired) electrons. The average Bonchev–Trinajstić information content (AvgIpc) is 2.51. The van der Waals surface area contributed by atoms with Gasteiger partial charge in [-0.1, -0.05) is 6.07 Å². The molecule has 66 valence electrons. The largest absolute Gasteiger partial charge is 0.350 e. The summed E-state index contributed by atoms with van der Waals surface area (Å²) < 4.78 is 0. The average molecular weight is 184 g/mol.